The van der Waals surface area contributed by atoms with E-state index in [-0.39, 0.29) is 30.2 Å². The zero-order chi connectivity index (χ0) is 21.5. The van der Waals surface area contributed by atoms with E-state index < -0.39 is 17.5 Å². The summed E-state index contributed by atoms with van der Waals surface area (Å²) in [7, 11) is 0. The standard InChI is InChI=1S/C20H16ClF2N3O2S2/c21-12-4-6-13(7-5-12)25-19(28)11-30-20-26-14(10-29-20)8-18(27)24-9-15-16(22)2-1-3-17(15)23/h1-7,10H,8-9,11H2,(H,24,27)(H,25,28). The van der Waals surface area contributed by atoms with Crippen molar-refractivity contribution in [2.45, 2.75) is 17.3 Å². The number of hydrogen-bond donors (Lipinski definition) is 2. The summed E-state index contributed by atoms with van der Waals surface area (Å²) in [5.74, 6) is -1.85. The fourth-order valence-corrected chi connectivity index (χ4v) is 4.18. The fourth-order valence-electron chi connectivity index (χ4n) is 2.41. The van der Waals surface area contributed by atoms with E-state index in [0.29, 0.717) is 20.7 Å². The molecule has 0 aliphatic heterocycles. The first-order valence-electron chi connectivity index (χ1n) is 8.73. The zero-order valence-corrected chi connectivity index (χ0v) is 17.8. The largest absolute Gasteiger partial charge is 0.351 e. The van der Waals surface area contributed by atoms with Gasteiger partial charge in [0.1, 0.15) is 11.6 Å². The summed E-state index contributed by atoms with van der Waals surface area (Å²) in [6, 6.07) is 10.3. The molecule has 0 fully saturated rings. The first kappa shape index (κ1) is 22.2. The minimum Gasteiger partial charge on any atom is -0.351 e. The van der Waals surface area contributed by atoms with Crippen LogP contribution in [0.4, 0.5) is 14.5 Å². The van der Waals surface area contributed by atoms with Crippen molar-refractivity contribution in [3.8, 4) is 0 Å². The first-order chi connectivity index (χ1) is 14.4. The molecule has 2 N–H and O–H groups in total. The van der Waals surface area contributed by atoms with Gasteiger partial charge in [0.2, 0.25) is 11.8 Å². The minimum absolute atomic E-state index is 0.0237. The molecule has 2 aromatic carbocycles. The van der Waals surface area contributed by atoms with Gasteiger partial charge in [0.05, 0.1) is 17.9 Å². The Morgan fingerprint density at radius 1 is 1.07 bits per heavy atom. The van der Waals surface area contributed by atoms with Gasteiger partial charge in [-0.2, -0.15) is 0 Å². The number of nitrogens with one attached hydrogen (secondary N) is 2. The number of benzene rings is 2. The van der Waals surface area contributed by atoms with Crippen LogP contribution < -0.4 is 10.6 Å². The Labute approximate surface area is 184 Å². The number of aromatic nitrogens is 1. The van der Waals surface area contributed by atoms with Gasteiger partial charge in [0.25, 0.3) is 0 Å². The van der Waals surface area contributed by atoms with Crippen LogP contribution in [0.25, 0.3) is 0 Å². The Morgan fingerprint density at radius 3 is 2.47 bits per heavy atom. The van der Waals surface area contributed by atoms with E-state index in [2.05, 4.69) is 15.6 Å². The number of nitrogens with zero attached hydrogens (tertiary/aromatic N) is 1. The predicted octanol–water partition coefficient (Wildman–Crippen LogP) is 4.66. The molecule has 156 valence electrons. The van der Waals surface area contributed by atoms with Gasteiger partial charge in [-0.15, -0.1) is 11.3 Å². The number of halogens is 3. The lowest BCUT2D eigenvalue weighted by Gasteiger charge is -2.06. The molecule has 0 atom stereocenters. The zero-order valence-electron chi connectivity index (χ0n) is 15.5. The molecule has 3 rings (SSSR count). The van der Waals surface area contributed by atoms with Crippen LogP contribution in [-0.2, 0) is 22.6 Å². The van der Waals surface area contributed by atoms with Gasteiger partial charge < -0.3 is 10.6 Å². The topological polar surface area (TPSA) is 71.1 Å². The summed E-state index contributed by atoms with van der Waals surface area (Å²) in [4.78, 5) is 28.4. The molecule has 5 nitrogen and oxygen atoms in total. The molecule has 2 amide bonds. The third-order valence-corrected chi connectivity index (χ3v) is 6.17. The van der Waals surface area contributed by atoms with Gasteiger partial charge in [-0.05, 0) is 36.4 Å². The summed E-state index contributed by atoms with van der Waals surface area (Å²) < 4.78 is 27.8. The quantitative estimate of drug-likeness (QED) is 0.472. The van der Waals surface area contributed by atoms with Crippen LogP contribution >= 0.6 is 34.7 Å². The van der Waals surface area contributed by atoms with Crippen molar-refractivity contribution in [1.82, 2.24) is 10.3 Å². The molecule has 0 aliphatic rings. The van der Waals surface area contributed by atoms with E-state index in [1.165, 1.54) is 29.2 Å². The lowest BCUT2D eigenvalue weighted by Crippen LogP contribution is -2.25. The van der Waals surface area contributed by atoms with Crippen LogP contribution in [0.3, 0.4) is 0 Å². The molecule has 0 saturated heterocycles. The second-order valence-electron chi connectivity index (χ2n) is 6.10. The van der Waals surface area contributed by atoms with E-state index in [0.717, 1.165) is 12.1 Å². The van der Waals surface area contributed by atoms with Crippen molar-refractivity contribution < 1.29 is 18.4 Å². The van der Waals surface area contributed by atoms with Crippen molar-refractivity contribution in [1.29, 1.82) is 0 Å². The monoisotopic (exact) mass is 467 g/mol. The average molecular weight is 468 g/mol. The molecule has 1 heterocycles. The van der Waals surface area contributed by atoms with Gasteiger partial charge in [0, 0.05) is 28.2 Å². The van der Waals surface area contributed by atoms with Crippen molar-refractivity contribution in [3.05, 3.63) is 75.8 Å². The Bertz CT molecular complexity index is 1020. The lowest BCUT2D eigenvalue weighted by atomic mass is 10.2. The SMILES string of the molecule is O=C(Cc1csc(SCC(=O)Nc2ccc(Cl)cc2)n1)NCc1c(F)cccc1F. The second-order valence-corrected chi connectivity index (χ2v) is 8.62. The van der Waals surface area contributed by atoms with Crippen LogP contribution in [0.15, 0.2) is 52.2 Å². The number of carbonyl (C=O) groups is 2. The Hall–Kier alpha value is -2.49. The van der Waals surface area contributed by atoms with Gasteiger partial charge in [-0.1, -0.05) is 29.4 Å². The number of hydrogen-bond acceptors (Lipinski definition) is 5. The number of amides is 2. The van der Waals surface area contributed by atoms with E-state index >= 15 is 0 Å². The van der Waals surface area contributed by atoms with Crippen LogP contribution in [0.5, 0.6) is 0 Å². The number of rotatable bonds is 8. The summed E-state index contributed by atoms with van der Waals surface area (Å²) in [5, 5.41) is 7.53. The lowest BCUT2D eigenvalue weighted by molar-refractivity contribution is -0.120. The highest BCUT2D eigenvalue weighted by molar-refractivity contribution is 8.01. The van der Waals surface area contributed by atoms with Crippen molar-refractivity contribution >= 4 is 52.2 Å². The summed E-state index contributed by atoms with van der Waals surface area (Å²) in [6.07, 6.45) is -0.0237. The first-order valence-corrected chi connectivity index (χ1v) is 11.0. The molecule has 0 radical (unpaired) electrons. The number of thioether (sulfide) groups is 1. The maximum Gasteiger partial charge on any atom is 0.234 e. The molecule has 30 heavy (non-hydrogen) atoms. The van der Waals surface area contributed by atoms with E-state index in [1.807, 2.05) is 0 Å². The average Bonchev–Trinajstić information content (AvgIpc) is 3.15. The molecule has 0 bridgehead atoms. The van der Waals surface area contributed by atoms with E-state index in [9.17, 15) is 18.4 Å². The maximum atomic E-state index is 13.6. The summed E-state index contributed by atoms with van der Waals surface area (Å²) >= 11 is 8.37. The number of thiazole rings is 1. The highest BCUT2D eigenvalue weighted by atomic mass is 35.5. The molecule has 10 heteroatoms. The normalized spacial score (nSPS) is 10.6. The third kappa shape index (κ3) is 6.51. The molecule has 0 aliphatic carbocycles. The van der Waals surface area contributed by atoms with Crippen molar-refractivity contribution in [3.63, 3.8) is 0 Å². The van der Waals surface area contributed by atoms with Crippen molar-refractivity contribution in [2.24, 2.45) is 0 Å². The smallest absolute Gasteiger partial charge is 0.234 e. The van der Waals surface area contributed by atoms with Crippen LogP contribution in [-0.4, -0.2) is 22.6 Å². The van der Waals surface area contributed by atoms with Crippen LogP contribution in [0.2, 0.25) is 5.02 Å². The molecular formula is C20H16ClF2N3O2S2. The molecule has 0 saturated carbocycles. The van der Waals surface area contributed by atoms with Crippen molar-refractivity contribution in [2.75, 3.05) is 11.1 Å². The Balaban J connectivity index is 1.44. The highest BCUT2D eigenvalue weighted by Crippen LogP contribution is 2.23. The maximum absolute atomic E-state index is 13.6. The summed E-state index contributed by atoms with van der Waals surface area (Å²) in [6.45, 7) is -0.242. The van der Waals surface area contributed by atoms with Gasteiger partial charge in [-0.3, -0.25) is 9.59 Å². The highest BCUT2D eigenvalue weighted by Gasteiger charge is 2.13. The second kappa shape index (κ2) is 10.5. The molecule has 0 spiro atoms. The van der Waals surface area contributed by atoms with E-state index in [4.69, 9.17) is 11.6 Å². The van der Waals surface area contributed by atoms with Gasteiger partial charge in [0.15, 0.2) is 4.34 Å². The minimum atomic E-state index is -0.709. The van der Waals surface area contributed by atoms with Crippen LogP contribution in [0, 0.1) is 11.6 Å². The predicted molar refractivity (Wildman–Crippen MR) is 115 cm³/mol. The molecular weight excluding hydrogens is 452 g/mol. The molecule has 1 aromatic heterocycles. The van der Waals surface area contributed by atoms with Gasteiger partial charge in [-0.25, -0.2) is 13.8 Å². The molecule has 0 unspecified atom stereocenters. The van der Waals surface area contributed by atoms with Crippen LogP contribution in [0.1, 0.15) is 11.3 Å². The van der Waals surface area contributed by atoms with E-state index in [1.54, 1.807) is 29.6 Å². The molecule has 3 aromatic rings. The Kier molecular flexibility index (Phi) is 7.78. The Morgan fingerprint density at radius 2 is 1.77 bits per heavy atom. The number of carbonyl (C=O) groups excluding carboxylic acids is 2. The van der Waals surface area contributed by atoms with Gasteiger partial charge >= 0.3 is 0 Å². The summed E-state index contributed by atoms with van der Waals surface area (Å²) in [5.41, 5.74) is 0.979. The fraction of sp³-hybridized carbons (Fsp3) is 0.150. The third-order valence-electron chi connectivity index (χ3n) is 3.85. The number of anilines is 1.